The lowest BCUT2D eigenvalue weighted by Gasteiger charge is -2.29. The van der Waals surface area contributed by atoms with Crippen molar-refractivity contribution in [1.82, 2.24) is 9.80 Å². The summed E-state index contributed by atoms with van der Waals surface area (Å²) in [5.74, 6) is 2.24. The summed E-state index contributed by atoms with van der Waals surface area (Å²) in [7, 11) is 2.18. The van der Waals surface area contributed by atoms with Gasteiger partial charge in [-0.15, -0.1) is 11.3 Å². The summed E-state index contributed by atoms with van der Waals surface area (Å²) < 4.78 is 12.7. The molecule has 184 valence electrons. The number of piperidine rings is 1. The van der Waals surface area contributed by atoms with Crippen LogP contribution >= 0.6 is 11.3 Å². The summed E-state index contributed by atoms with van der Waals surface area (Å²) in [6.45, 7) is 6.60. The number of ether oxygens (including phenoxy) is 2. The van der Waals surface area contributed by atoms with Gasteiger partial charge in [-0.3, -0.25) is 4.79 Å². The molecule has 5 nitrogen and oxygen atoms in total. The van der Waals surface area contributed by atoms with E-state index in [1.165, 1.54) is 22.6 Å². The molecular weight excluding hydrogens is 456 g/mol. The molecule has 3 aromatic rings. The van der Waals surface area contributed by atoms with Gasteiger partial charge in [0.25, 0.3) is 0 Å². The molecule has 3 heterocycles. The van der Waals surface area contributed by atoms with Crippen LogP contribution in [-0.2, 0) is 17.8 Å². The second kappa shape index (κ2) is 10.8. The third kappa shape index (κ3) is 5.88. The first-order chi connectivity index (χ1) is 17.0. The Kier molecular flexibility index (Phi) is 7.40. The monoisotopic (exact) mass is 490 g/mol. The Morgan fingerprint density at radius 3 is 2.77 bits per heavy atom. The number of thiophene rings is 1. The Balaban J connectivity index is 1.41. The topological polar surface area (TPSA) is 42.0 Å². The summed E-state index contributed by atoms with van der Waals surface area (Å²) >= 11 is 1.78. The number of likely N-dealkylation sites (tertiary alicyclic amines) is 1. The molecule has 1 unspecified atom stereocenters. The number of hydrogen-bond donors (Lipinski definition) is 0. The first-order valence-electron chi connectivity index (χ1n) is 12.5. The zero-order valence-electron chi connectivity index (χ0n) is 20.7. The Morgan fingerprint density at radius 2 is 2.00 bits per heavy atom. The lowest BCUT2D eigenvalue weighted by atomic mass is 9.99. The van der Waals surface area contributed by atoms with Gasteiger partial charge in [-0.25, -0.2) is 0 Å². The van der Waals surface area contributed by atoms with Crippen LogP contribution in [-0.4, -0.2) is 55.6 Å². The average Bonchev–Trinajstić information content (AvgIpc) is 3.17. The Bertz CT molecular complexity index is 1160. The number of hydrogen-bond acceptors (Lipinski definition) is 5. The first-order valence-corrected chi connectivity index (χ1v) is 13.4. The molecule has 0 aliphatic carbocycles. The molecule has 2 aromatic carbocycles. The summed E-state index contributed by atoms with van der Waals surface area (Å²) in [5, 5.41) is 0. The third-order valence-corrected chi connectivity index (χ3v) is 7.92. The Labute approximate surface area is 212 Å². The molecule has 0 bridgehead atoms. The van der Waals surface area contributed by atoms with Gasteiger partial charge < -0.3 is 19.3 Å². The van der Waals surface area contributed by atoms with E-state index in [1.807, 2.05) is 35.2 Å². The van der Waals surface area contributed by atoms with Crippen molar-refractivity contribution in [2.75, 3.05) is 39.9 Å². The van der Waals surface area contributed by atoms with Crippen molar-refractivity contribution >= 4 is 17.2 Å². The van der Waals surface area contributed by atoms with Crippen LogP contribution in [0.15, 0.2) is 54.6 Å². The molecule has 0 N–H and O–H groups in total. The molecule has 5 rings (SSSR count). The maximum Gasteiger partial charge on any atom is 0.227 e. The maximum atomic E-state index is 13.2. The van der Waals surface area contributed by atoms with Crippen LogP contribution in [0.4, 0.5) is 0 Å². The minimum absolute atomic E-state index is 0.123. The number of amides is 1. The minimum atomic E-state index is 0.123. The third-order valence-electron chi connectivity index (χ3n) is 6.87. The van der Waals surface area contributed by atoms with E-state index in [2.05, 4.69) is 43.1 Å². The fraction of sp³-hybridized carbons (Fsp3) is 0.414. The van der Waals surface area contributed by atoms with Gasteiger partial charge in [0, 0.05) is 34.3 Å². The minimum Gasteiger partial charge on any atom is -0.489 e. The van der Waals surface area contributed by atoms with Crippen LogP contribution in [0.1, 0.15) is 28.8 Å². The zero-order chi connectivity index (χ0) is 24.2. The second-order valence-electron chi connectivity index (χ2n) is 9.78. The lowest BCUT2D eigenvalue weighted by molar-refractivity contribution is -0.131. The largest absolute Gasteiger partial charge is 0.489 e. The molecule has 1 aromatic heterocycles. The molecule has 1 saturated heterocycles. The van der Waals surface area contributed by atoms with Crippen molar-refractivity contribution in [3.05, 3.63) is 70.6 Å². The smallest absolute Gasteiger partial charge is 0.227 e. The molecule has 1 atom stereocenters. The highest BCUT2D eigenvalue weighted by Gasteiger charge is 2.25. The van der Waals surface area contributed by atoms with E-state index in [0.29, 0.717) is 38.6 Å². The Morgan fingerprint density at radius 1 is 1.14 bits per heavy atom. The standard InChI is InChI=1S/C29H34N2O3S/c1-21-10-11-27(35-21)24-16-25-19-31(28(32)15-22-7-4-3-5-8-22)13-14-33-29(25)26(17-24)34-20-23-9-6-12-30(2)18-23/h3-5,7-8,10-11,16-17,23H,6,9,12-15,18-20H2,1-2H3. The number of carbonyl (C=O) groups is 1. The van der Waals surface area contributed by atoms with Crippen molar-refractivity contribution in [3.63, 3.8) is 0 Å². The number of fused-ring (bicyclic) bond motifs is 1. The van der Waals surface area contributed by atoms with Gasteiger partial charge in [-0.05, 0) is 68.8 Å². The van der Waals surface area contributed by atoms with Gasteiger partial charge in [0.15, 0.2) is 11.5 Å². The van der Waals surface area contributed by atoms with Gasteiger partial charge in [-0.2, -0.15) is 0 Å². The molecule has 0 radical (unpaired) electrons. The highest BCUT2D eigenvalue weighted by Crippen LogP contribution is 2.40. The van der Waals surface area contributed by atoms with Crippen molar-refractivity contribution < 1.29 is 14.3 Å². The average molecular weight is 491 g/mol. The lowest BCUT2D eigenvalue weighted by Crippen LogP contribution is -2.34. The van der Waals surface area contributed by atoms with E-state index >= 15 is 0 Å². The van der Waals surface area contributed by atoms with E-state index in [4.69, 9.17) is 9.47 Å². The number of rotatable bonds is 6. The van der Waals surface area contributed by atoms with E-state index in [-0.39, 0.29) is 5.91 Å². The van der Waals surface area contributed by atoms with Crippen LogP contribution in [0.2, 0.25) is 0 Å². The van der Waals surface area contributed by atoms with Gasteiger partial charge in [0.2, 0.25) is 5.91 Å². The maximum absolute atomic E-state index is 13.2. The van der Waals surface area contributed by atoms with Crippen molar-refractivity contribution in [2.24, 2.45) is 5.92 Å². The molecule has 6 heteroatoms. The molecule has 1 fully saturated rings. The Hall–Kier alpha value is -2.83. The highest BCUT2D eigenvalue weighted by atomic mass is 32.1. The summed E-state index contributed by atoms with van der Waals surface area (Å²) in [5.41, 5.74) is 3.17. The van der Waals surface area contributed by atoms with Crippen molar-refractivity contribution in [3.8, 4) is 21.9 Å². The van der Waals surface area contributed by atoms with E-state index in [1.54, 1.807) is 11.3 Å². The number of benzene rings is 2. The van der Waals surface area contributed by atoms with Gasteiger partial charge in [-0.1, -0.05) is 30.3 Å². The van der Waals surface area contributed by atoms with Gasteiger partial charge in [0.05, 0.1) is 19.6 Å². The summed E-state index contributed by atoms with van der Waals surface area (Å²) in [6.07, 6.45) is 2.81. The predicted octanol–water partition coefficient (Wildman–Crippen LogP) is 5.41. The van der Waals surface area contributed by atoms with Gasteiger partial charge in [0.1, 0.15) is 6.61 Å². The molecule has 0 spiro atoms. The molecular formula is C29H34N2O3S. The normalized spacial score (nSPS) is 18.5. The quantitative estimate of drug-likeness (QED) is 0.464. The van der Waals surface area contributed by atoms with Crippen LogP contribution < -0.4 is 9.47 Å². The zero-order valence-corrected chi connectivity index (χ0v) is 21.5. The van der Waals surface area contributed by atoms with Crippen LogP contribution in [0, 0.1) is 12.8 Å². The van der Waals surface area contributed by atoms with Gasteiger partial charge >= 0.3 is 0 Å². The first kappa shape index (κ1) is 23.9. The molecule has 2 aliphatic rings. The highest BCUT2D eigenvalue weighted by molar-refractivity contribution is 7.15. The van der Waals surface area contributed by atoms with Crippen LogP contribution in [0.3, 0.4) is 0 Å². The van der Waals surface area contributed by atoms with Crippen LogP contribution in [0.5, 0.6) is 11.5 Å². The molecule has 2 aliphatic heterocycles. The summed E-state index contributed by atoms with van der Waals surface area (Å²) in [6, 6.07) is 18.6. The second-order valence-corrected chi connectivity index (χ2v) is 11.1. The fourth-order valence-electron chi connectivity index (χ4n) is 5.04. The van der Waals surface area contributed by atoms with E-state index in [9.17, 15) is 4.79 Å². The van der Waals surface area contributed by atoms with E-state index in [0.717, 1.165) is 41.3 Å². The number of nitrogens with zero attached hydrogens (tertiary/aromatic N) is 2. The summed E-state index contributed by atoms with van der Waals surface area (Å²) in [4.78, 5) is 20.0. The molecule has 0 saturated carbocycles. The predicted molar refractivity (Wildman–Crippen MR) is 141 cm³/mol. The molecule has 1 amide bonds. The van der Waals surface area contributed by atoms with Crippen molar-refractivity contribution in [1.29, 1.82) is 0 Å². The molecule has 35 heavy (non-hydrogen) atoms. The number of aryl methyl sites for hydroxylation is 1. The van der Waals surface area contributed by atoms with Crippen LogP contribution in [0.25, 0.3) is 10.4 Å². The van der Waals surface area contributed by atoms with E-state index < -0.39 is 0 Å². The fourth-order valence-corrected chi connectivity index (χ4v) is 5.89. The number of carbonyl (C=O) groups excluding carboxylic acids is 1. The van der Waals surface area contributed by atoms with Crippen molar-refractivity contribution in [2.45, 2.75) is 32.7 Å². The SMILES string of the molecule is Cc1ccc(-c2cc3c(c(OCC4CCCN(C)C4)c2)OCCN(C(=O)Cc2ccccc2)C3)s1.